The molecule has 0 radical (unpaired) electrons. The van der Waals surface area contributed by atoms with E-state index in [9.17, 15) is 19.7 Å². The zero-order chi connectivity index (χ0) is 24.1. The molecule has 2 heterocycles. The molecule has 0 unspecified atom stereocenters. The van der Waals surface area contributed by atoms with Crippen LogP contribution in [0.4, 0.5) is 5.00 Å². The van der Waals surface area contributed by atoms with E-state index in [1.807, 2.05) is 24.3 Å². The number of ether oxygens (including phenoxy) is 1. The number of benzene rings is 1. The molecule has 0 aliphatic heterocycles. The quantitative estimate of drug-likeness (QED) is 0.253. The number of aromatic nitrogens is 1. The van der Waals surface area contributed by atoms with E-state index >= 15 is 0 Å². The minimum Gasteiger partial charge on any atom is -0.461 e. The fraction of sp³-hybridized carbons (Fsp3) is 0.348. The molecule has 1 saturated carbocycles. The molecule has 0 bridgehead atoms. The van der Waals surface area contributed by atoms with Gasteiger partial charge in [0.1, 0.15) is 6.61 Å². The van der Waals surface area contributed by atoms with E-state index in [-0.39, 0.29) is 43.5 Å². The van der Waals surface area contributed by atoms with Gasteiger partial charge in [0.05, 0.1) is 28.1 Å². The Balaban J connectivity index is 1.27. The first-order valence-electron chi connectivity index (χ1n) is 10.8. The summed E-state index contributed by atoms with van der Waals surface area (Å²) in [4.78, 5) is 43.6. The third kappa shape index (κ3) is 5.67. The summed E-state index contributed by atoms with van der Waals surface area (Å²) in [5.41, 5.74) is 7.45. The lowest BCUT2D eigenvalue weighted by Gasteiger charge is -2.32. The van der Waals surface area contributed by atoms with Crippen LogP contribution in [0.2, 0.25) is 0 Å². The Kier molecular flexibility index (Phi) is 7.33. The maximum absolute atomic E-state index is 12.8. The Morgan fingerprint density at radius 2 is 2.03 bits per heavy atom. The summed E-state index contributed by atoms with van der Waals surface area (Å²) >= 11 is 1.45. The van der Waals surface area contributed by atoms with Gasteiger partial charge in [-0.1, -0.05) is 24.3 Å². The zero-order valence-electron chi connectivity index (χ0n) is 18.2. The van der Waals surface area contributed by atoms with Gasteiger partial charge in [0.15, 0.2) is 0 Å². The topological polar surface area (TPSA) is 147 Å². The van der Waals surface area contributed by atoms with Crippen LogP contribution in [-0.2, 0) is 25.8 Å². The minimum atomic E-state index is -0.823. The second-order valence-corrected chi connectivity index (χ2v) is 9.29. The van der Waals surface area contributed by atoms with Crippen LogP contribution in [0.1, 0.15) is 29.9 Å². The molecule has 1 aliphatic carbocycles. The van der Waals surface area contributed by atoms with Gasteiger partial charge in [-0.2, -0.15) is 0 Å². The highest BCUT2D eigenvalue weighted by Crippen LogP contribution is 2.35. The summed E-state index contributed by atoms with van der Waals surface area (Å²) in [7, 11) is 0. The van der Waals surface area contributed by atoms with Gasteiger partial charge in [0.25, 0.3) is 5.09 Å². The van der Waals surface area contributed by atoms with E-state index in [0.29, 0.717) is 12.8 Å². The molecule has 4 rings (SSSR count). The maximum Gasteiger partial charge on any atom is 0.309 e. The average molecular weight is 485 g/mol. The van der Waals surface area contributed by atoms with Crippen LogP contribution in [0.5, 0.6) is 0 Å². The molecule has 0 saturated heterocycles. The molecule has 2 aromatic heterocycles. The van der Waals surface area contributed by atoms with Crippen molar-refractivity contribution < 1.29 is 24.3 Å². The van der Waals surface area contributed by atoms with Crippen LogP contribution in [0.15, 0.2) is 48.8 Å². The van der Waals surface area contributed by atoms with Crippen LogP contribution < -0.4 is 11.1 Å². The van der Waals surface area contributed by atoms with Crippen molar-refractivity contribution in [2.24, 2.45) is 17.6 Å². The molecule has 34 heavy (non-hydrogen) atoms. The number of anilines is 1. The number of hydrogen-bond donors (Lipinski definition) is 2. The fourth-order valence-corrected chi connectivity index (χ4v) is 4.83. The van der Waals surface area contributed by atoms with E-state index in [1.165, 1.54) is 11.3 Å². The fourth-order valence-electron chi connectivity index (χ4n) is 3.90. The number of carbonyl (C=O) groups excluding carboxylic acids is 2. The number of nitrogens with zero attached hydrogens (tertiary/aromatic N) is 2. The van der Waals surface area contributed by atoms with Gasteiger partial charge in [0.2, 0.25) is 5.91 Å². The van der Waals surface area contributed by atoms with E-state index in [0.717, 1.165) is 26.2 Å². The molecule has 3 N–H and O–H groups in total. The van der Waals surface area contributed by atoms with Gasteiger partial charge in [0, 0.05) is 18.9 Å². The SMILES string of the molecule is NC[C@@H](C(=O)Nc1cc2ccncc2s1)c1ccc(COC(=O)C2CC(CO[N+](=O)[O-])C2)cc1. The van der Waals surface area contributed by atoms with Crippen LogP contribution >= 0.6 is 11.3 Å². The molecule has 1 amide bonds. The summed E-state index contributed by atoms with van der Waals surface area (Å²) in [5, 5.41) is 14.1. The second-order valence-electron chi connectivity index (χ2n) is 8.20. The molecular formula is C23H24N4O6S. The van der Waals surface area contributed by atoms with Crippen LogP contribution in [0.25, 0.3) is 10.1 Å². The Bertz CT molecular complexity index is 1140. The monoisotopic (exact) mass is 484 g/mol. The van der Waals surface area contributed by atoms with Crippen LogP contribution in [-0.4, -0.2) is 35.1 Å². The van der Waals surface area contributed by atoms with Crippen molar-refractivity contribution in [3.8, 4) is 0 Å². The third-order valence-electron chi connectivity index (χ3n) is 5.87. The highest BCUT2D eigenvalue weighted by Gasteiger charge is 2.36. The molecular weight excluding hydrogens is 460 g/mol. The molecule has 1 atom stereocenters. The first-order chi connectivity index (χ1) is 16.4. The third-order valence-corrected chi connectivity index (χ3v) is 6.87. The Labute approximate surface area is 199 Å². The number of carbonyl (C=O) groups is 2. The predicted molar refractivity (Wildman–Crippen MR) is 125 cm³/mol. The Hall–Kier alpha value is -3.57. The predicted octanol–water partition coefficient (Wildman–Crippen LogP) is 3.26. The number of thiophene rings is 1. The van der Waals surface area contributed by atoms with Crippen molar-refractivity contribution in [1.82, 2.24) is 4.98 Å². The number of nitrogens with one attached hydrogen (secondary N) is 1. The van der Waals surface area contributed by atoms with E-state index in [4.69, 9.17) is 10.5 Å². The van der Waals surface area contributed by atoms with Crippen molar-refractivity contribution in [2.75, 3.05) is 18.5 Å². The number of rotatable bonds is 10. The lowest BCUT2D eigenvalue weighted by atomic mass is 9.75. The van der Waals surface area contributed by atoms with Crippen LogP contribution in [0.3, 0.4) is 0 Å². The lowest BCUT2D eigenvalue weighted by Crippen LogP contribution is -2.34. The van der Waals surface area contributed by atoms with E-state index in [2.05, 4.69) is 15.1 Å². The molecule has 1 aromatic carbocycles. The van der Waals surface area contributed by atoms with Gasteiger partial charge >= 0.3 is 5.97 Å². The van der Waals surface area contributed by atoms with Crippen molar-refractivity contribution in [2.45, 2.75) is 25.4 Å². The summed E-state index contributed by atoms with van der Waals surface area (Å²) in [6.07, 6.45) is 4.51. The standard InChI is InChI=1S/C23H24N4O6S/c24-10-19(22(28)26-21-9-17-5-6-25-11-20(17)34-21)16-3-1-14(2-4-16)12-32-23(29)18-7-15(8-18)13-33-27(30)31/h1-6,9,11,15,18-19H,7-8,10,12-13,24H2,(H,26,28)/t15?,18?,19-/m1/s1. The number of nitrogens with two attached hydrogens (primary N) is 1. The highest BCUT2D eigenvalue weighted by molar-refractivity contribution is 7.22. The molecule has 1 fully saturated rings. The summed E-state index contributed by atoms with van der Waals surface area (Å²) in [6.45, 7) is 0.269. The van der Waals surface area contributed by atoms with Crippen molar-refractivity contribution in [1.29, 1.82) is 0 Å². The number of pyridine rings is 1. The smallest absolute Gasteiger partial charge is 0.309 e. The van der Waals surface area contributed by atoms with Gasteiger partial charge in [-0.15, -0.1) is 21.5 Å². The highest BCUT2D eigenvalue weighted by atomic mass is 32.1. The number of hydrogen-bond acceptors (Lipinski definition) is 9. The first-order valence-corrected chi connectivity index (χ1v) is 11.6. The van der Waals surface area contributed by atoms with Crippen molar-refractivity contribution in [3.63, 3.8) is 0 Å². The number of fused-ring (bicyclic) bond motifs is 1. The van der Waals surface area contributed by atoms with Crippen molar-refractivity contribution >= 4 is 38.3 Å². The molecule has 11 heteroatoms. The normalized spacial score (nSPS) is 18.0. The molecule has 0 spiro atoms. The van der Waals surface area contributed by atoms with Gasteiger partial charge < -0.3 is 20.6 Å². The first kappa shape index (κ1) is 23.6. The lowest BCUT2D eigenvalue weighted by molar-refractivity contribution is -0.759. The largest absolute Gasteiger partial charge is 0.461 e. The summed E-state index contributed by atoms with van der Waals surface area (Å²) in [5.74, 6) is -1.28. The molecule has 10 nitrogen and oxygen atoms in total. The molecule has 3 aromatic rings. The second kappa shape index (κ2) is 10.6. The number of esters is 1. The van der Waals surface area contributed by atoms with Gasteiger partial charge in [-0.25, -0.2) is 0 Å². The minimum absolute atomic E-state index is 0.00538. The summed E-state index contributed by atoms with van der Waals surface area (Å²) < 4.78 is 6.36. The maximum atomic E-state index is 12.8. The molecule has 1 aliphatic rings. The van der Waals surface area contributed by atoms with Gasteiger partial charge in [-0.05, 0) is 47.4 Å². The van der Waals surface area contributed by atoms with E-state index < -0.39 is 11.0 Å². The Morgan fingerprint density at radius 1 is 1.26 bits per heavy atom. The van der Waals surface area contributed by atoms with Crippen LogP contribution in [0, 0.1) is 22.0 Å². The zero-order valence-corrected chi connectivity index (χ0v) is 19.0. The summed E-state index contributed by atoms with van der Waals surface area (Å²) in [6, 6.07) is 11.0. The number of amides is 1. The van der Waals surface area contributed by atoms with Gasteiger partial charge in [-0.3, -0.25) is 14.6 Å². The van der Waals surface area contributed by atoms with Crippen molar-refractivity contribution in [3.05, 3.63) is 70.0 Å². The molecule has 178 valence electrons. The van der Waals surface area contributed by atoms with E-state index in [1.54, 1.807) is 24.5 Å². The Morgan fingerprint density at radius 3 is 2.71 bits per heavy atom. The average Bonchev–Trinajstić information content (AvgIpc) is 3.20.